The number of fused-ring (bicyclic) bond motifs is 1. The first kappa shape index (κ1) is 51.1. The number of esters is 1. The maximum absolute atomic E-state index is 14.4. The summed E-state index contributed by atoms with van der Waals surface area (Å²) in [6.07, 6.45) is 5.77. The second-order valence-electron chi connectivity index (χ2n) is 19.2. The minimum atomic E-state index is -0.937. The lowest BCUT2D eigenvalue weighted by Gasteiger charge is -2.35. The maximum atomic E-state index is 14.4. The Morgan fingerprint density at radius 3 is 2.49 bits per heavy atom. The topological polar surface area (TPSA) is 155 Å². The van der Waals surface area contributed by atoms with Crippen LogP contribution in [0.3, 0.4) is 0 Å². The molecule has 4 atom stereocenters. The SMILES string of the molecule is C=CC(=O)N1CC[C@H](C(=O)N(C)[C@H](C(=O)N[C@@H](Cc2cccc(-c3ccc4c(c3)c(CC(C)(C)COC(C)=O)c(-c3cccnc3[C@H](C)OC)n4CC#CC)c2)C(=O)N2CCCCN2)C(C)C)C1. The van der Waals surface area contributed by atoms with Gasteiger partial charge in [0.25, 0.3) is 5.91 Å². The number of hydrazine groups is 1. The van der Waals surface area contributed by atoms with Crippen molar-refractivity contribution < 1.29 is 33.4 Å². The van der Waals surface area contributed by atoms with Crippen LogP contribution in [0.2, 0.25) is 0 Å². The van der Waals surface area contributed by atoms with Gasteiger partial charge >= 0.3 is 5.97 Å². The molecule has 14 heteroatoms. The number of likely N-dealkylation sites (N-methyl/N-ethyl adjacent to an activating group) is 1. The number of amides is 4. The molecule has 2 saturated heterocycles. The molecule has 4 aromatic rings. The third-order valence-electron chi connectivity index (χ3n) is 13.1. The van der Waals surface area contributed by atoms with Crippen molar-refractivity contribution in [2.75, 3.05) is 46.9 Å². The lowest BCUT2D eigenvalue weighted by Crippen LogP contribution is -2.59. The van der Waals surface area contributed by atoms with Crippen molar-refractivity contribution in [1.82, 2.24) is 35.1 Å². The molecule has 0 bridgehead atoms. The van der Waals surface area contributed by atoms with E-state index in [9.17, 15) is 24.0 Å². The van der Waals surface area contributed by atoms with Crippen molar-refractivity contribution in [3.63, 3.8) is 0 Å². The van der Waals surface area contributed by atoms with Gasteiger partial charge < -0.3 is 29.2 Å². The third kappa shape index (κ3) is 11.9. The number of methoxy groups -OCH3 is 1. The van der Waals surface area contributed by atoms with Crippen molar-refractivity contribution in [3.8, 4) is 34.2 Å². The molecular weight excluding hydrogens is 859 g/mol. The first-order chi connectivity index (χ1) is 32.5. The van der Waals surface area contributed by atoms with E-state index in [2.05, 4.69) is 77.9 Å². The molecule has 4 amide bonds. The highest BCUT2D eigenvalue weighted by Crippen LogP contribution is 2.42. The first-order valence-corrected chi connectivity index (χ1v) is 23.8. The van der Waals surface area contributed by atoms with Crippen LogP contribution in [0.15, 0.2) is 73.4 Å². The number of hydrogen-bond acceptors (Lipinski definition) is 9. The van der Waals surface area contributed by atoms with Crippen LogP contribution in [-0.4, -0.2) is 113 Å². The number of benzene rings is 2. The molecule has 0 saturated carbocycles. The van der Waals surface area contributed by atoms with Gasteiger partial charge in [0.15, 0.2) is 0 Å². The highest BCUT2D eigenvalue weighted by atomic mass is 16.5. The van der Waals surface area contributed by atoms with Gasteiger partial charge in [-0.3, -0.25) is 34.0 Å². The molecule has 2 aromatic carbocycles. The number of nitrogens with zero attached hydrogens (tertiary/aromatic N) is 5. The third-order valence-corrected chi connectivity index (χ3v) is 13.1. The number of rotatable bonds is 18. The zero-order chi connectivity index (χ0) is 49.3. The summed E-state index contributed by atoms with van der Waals surface area (Å²) < 4.78 is 13.7. The normalized spacial score (nSPS) is 16.4. The van der Waals surface area contributed by atoms with Gasteiger partial charge in [0.05, 0.1) is 36.6 Å². The van der Waals surface area contributed by atoms with Gasteiger partial charge in [0.2, 0.25) is 17.7 Å². The van der Waals surface area contributed by atoms with Crippen LogP contribution in [0.25, 0.3) is 33.3 Å². The van der Waals surface area contributed by atoms with Gasteiger partial charge in [-0.05, 0) is 98.0 Å². The number of pyridine rings is 1. The monoisotopic (exact) mass is 928 g/mol. The van der Waals surface area contributed by atoms with Crippen molar-refractivity contribution in [3.05, 3.63) is 90.3 Å². The molecule has 362 valence electrons. The minimum Gasteiger partial charge on any atom is -0.465 e. The zero-order valence-electron chi connectivity index (χ0n) is 41.3. The quantitative estimate of drug-likeness (QED) is 0.0616. The number of hydrogen-bond donors (Lipinski definition) is 2. The van der Waals surface area contributed by atoms with E-state index in [1.54, 1.807) is 30.3 Å². The lowest BCUT2D eigenvalue weighted by molar-refractivity contribution is -0.146. The Labute approximate surface area is 401 Å². The summed E-state index contributed by atoms with van der Waals surface area (Å²) in [5.74, 6) is 4.22. The van der Waals surface area contributed by atoms with Crippen LogP contribution in [0.5, 0.6) is 0 Å². The number of ether oxygens (including phenoxy) is 2. The molecule has 4 heterocycles. The van der Waals surface area contributed by atoms with Crippen molar-refractivity contribution in [2.45, 2.75) is 105 Å². The Bertz CT molecular complexity index is 2560. The maximum Gasteiger partial charge on any atom is 0.302 e. The second kappa shape index (κ2) is 22.7. The average molecular weight is 928 g/mol. The molecule has 0 unspecified atom stereocenters. The average Bonchev–Trinajstić information content (AvgIpc) is 3.94. The van der Waals surface area contributed by atoms with Crippen LogP contribution < -0.4 is 10.7 Å². The van der Waals surface area contributed by atoms with E-state index >= 15 is 0 Å². The van der Waals surface area contributed by atoms with E-state index in [-0.39, 0.29) is 55.3 Å². The van der Waals surface area contributed by atoms with E-state index in [0.29, 0.717) is 39.0 Å². The van der Waals surface area contributed by atoms with Crippen LogP contribution in [-0.2, 0) is 52.8 Å². The van der Waals surface area contributed by atoms with Crippen LogP contribution in [0, 0.1) is 29.1 Å². The summed E-state index contributed by atoms with van der Waals surface area (Å²) in [7, 11) is 3.30. The van der Waals surface area contributed by atoms with Crippen molar-refractivity contribution >= 4 is 40.5 Å². The fourth-order valence-electron chi connectivity index (χ4n) is 9.57. The van der Waals surface area contributed by atoms with E-state index in [0.717, 1.165) is 62.9 Å². The number of carbonyl (C=O) groups excluding carboxylic acids is 5. The van der Waals surface area contributed by atoms with Crippen LogP contribution in [0.4, 0.5) is 0 Å². The van der Waals surface area contributed by atoms with Gasteiger partial charge in [-0.15, -0.1) is 5.92 Å². The molecule has 0 spiro atoms. The first-order valence-electron chi connectivity index (χ1n) is 23.8. The Morgan fingerprint density at radius 2 is 1.81 bits per heavy atom. The standard InChI is InChI=1S/C54H69N7O7/c1-11-13-26-60-46-22-21-40(31-43(46)44(32-54(7,8)34-68-37(6)62)50(60)42-20-17-24-55-48(42)36(5)67-10)39-19-16-18-38(29-39)30-45(53(66)61-27-15-14-25-56-61)57-51(64)49(35(3)4)58(9)52(65)41-23-28-59(33-41)47(63)12-2/h12,16-22,24,29,31,35-36,41,45,49,56H,2,14-15,23,25-28,30,32-34H2,1,3-10H3,(H,57,64)/t36-,41-,45-,49-/m0/s1. The number of aromatic nitrogens is 2. The minimum absolute atomic E-state index is 0.204. The lowest BCUT2D eigenvalue weighted by atomic mass is 9.84. The molecule has 2 N–H and O–H groups in total. The van der Waals surface area contributed by atoms with E-state index in [4.69, 9.17) is 14.5 Å². The predicted octanol–water partition coefficient (Wildman–Crippen LogP) is 6.90. The summed E-state index contributed by atoms with van der Waals surface area (Å²) in [4.78, 5) is 74.9. The molecule has 6 rings (SSSR count). The molecule has 0 radical (unpaired) electrons. The van der Waals surface area contributed by atoms with E-state index in [1.807, 2.05) is 52.0 Å². The second-order valence-corrected chi connectivity index (χ2v) is 19.2. The fraction of sp³-hybridized carbons (Fsp3) is 0.481. The molecule has 2 aliphatic heterocycles. The summed E-state index contributed by atoms with van der Waals surface area (Å²) in [6, 6.07) is 16.6. The predicted molar refractivity (Wildman–Crippen MR) is 264 cm³/mol. The molecule has 2 aliphatic rings. The zero-order valence-corrected chi connectivity index (χ0v) is 41.3. The summed E-state index contributed by atoms with van der Waals surface area (Å²) in [5.41, 5.74) is 10.2. The van der Waals surface area contributed by atoms with Crippen LogP contribution >= 0.6 is 0 Å². The molecule has 0 aliphatic carbocycles. The number of likely N-dealkylation sites (tertiary alicyclic amines) is 1. The Kier molecular flexibility index (Phi) is 17.0. The molecule has 2 fully saturated rings. The summed E-state index contributed by atoms with van der Waals surface area (Å²) >= 11 is 0. The molecule has 14 nitrogen and oxygen atoms in total. The Morgan fingerprint density at radius 1 is 1.04 bits per heavy atom. The van der Waals surface area contributed by atoms with Gasteiger partial charge in [0.1, 0.15) is 12.1 Å². The smallest absolute Gasteiger partial charge is 0.302 e. The van der Waals surface area contributed by atoms with E-state index in [1.165, 1.54) is 17.9 Å². The summed E-state index contributed by atoms with van der Waals surface area (Å²) in [5, 5.41) is 5.71. The van der Waals surface area contributed by atoms with E-state index < -0.39 is 29.3 Å². The summed E-state index contributed by atoms with van der Waals surface area (Å²) in [6.45, 7) is 19.3. The molecule has 2 aromatic heterocycles. The van der Waals surface area contributed by atoms with Crippen LogP contribution in [0.1, 0.15) is 90.7 Å². The molecular formula is C54H69N7O7. The van der Waals surface area contributed by atoms with Gasteiger partial charge in [-0.1, -0.05) is 70.5 Å². The highest BCUT2D eigenvalue weighted by Gasteiger charge is 2.39. The van der Waals surface area contributed by atoms with Gasteiger partial charge in [-0.2, -0.15) is 0 Å². The number of nitrogens with one attached hydrogen (secondary N) is 2. The Hall–Kier alpha value is -6.30. The Balaban J connectivity index is 1.38. The van der Waals surface area contributed by atoms with Gasteiger partial charge in [-0.25, -0.2) is 5.43 Å². The molecule has 68 heavy (non-hydrogen) atoms. The van der Waals surface area contributed by atoms with Gasteiger partial charge in [0, 0.05) is 81.8 Å². The van der Waals surface area contributed by atoms with Crippen molar-refractivity contribution in [1.29, 1.82) is 0 Å². The number of carbonyl (C=O) groups is 5. The largest absolute Gasteiger partial charge is 0.465 e. The van der Waals surface area contributed by atoms with Crippen molar-refractivity contribution in [2.24, 2.45) is 17.3 Å². The highest BCUT2D eigenvalue weighted by molar-refractivity contribution is 5.96. The fourth-order valence-corrected chi connectivity index (χ4v) is 9.57.